The molecule has 1 aliphatic heterocycles. The normalized spacial score (nSPS) is 36.2. The van der Waals surface area contributed by atoms with Crippen LogP contribution in [0.25, 0.3) is 0 Å². The zero-order chi connectivity index (χ0) is 9.19. The minimum absolute atomic E-state index is 0.168. The van der Waals surface area contributed by atoms with Gasteiger partial charge in [-0.05, 0) is 12.3 Å². The fraction of sp³-hybridized carbons (Fsp3) is 1.00. The maximum absolute atomic E-state index is 12.1. The minimum Gasteiger partial charge on any atom is -0.373 e. The Morgan fingerprint density at radius 2 is 2.33 bits per heavy atom. The van der Waals surface area contributed by atoms with Gasteiger partial charge in [-0.1, -0.05) is 6.92 Å². The van der Waals surface area contributed by atoms with Gasteiger partial charge in [-0.2, -0.15) is 0 Å². The van der Waals surface area contributed by atoms with Crippen molar-refractivity contribution in [2.24, 2.45) is 5.92 Å². The molecule has 1 heterocycles. The highest BCUT2D eigenvalue weighted by molar-refractivity contribution is 6.18. The second-order valence-corrected chi connectivity index (χ2v) is 3.80. The molecular formula is C8H13ClF2O. The number of alkyl halides is 3. The van der Waals surface area contributed by atoms with Crippen LogP contribution < -0.4 is 0 Å². The van der Waals surface area contributed by atoms with Crippen LogP contribution in [-0.4, -0.2) is 24.5 Å². The molecule has 0 aromatic carbocycles. The molecule has 0 N–H and O–H groups in total. The Labute approximate surface area is 76.0 Å². The van der Waals surface area contributed by atoms with Crippen LogP contribution in [0.4, 0.5) is 8.78 Å². The highest BCUT2D eigenvalue weighted by Crippen LogP contribution is 2.35. The van der Waals surface area contributed by atoms with E-state index in [1.807, 2.05) is 6.92 Å². The first-order valence-electron chi connectivity index (χ1n) is 4.06. The van der Waals surface area contributed by atoms with Gasteiger partial charge >= 0.3 is 0 Å². The monoisotopic (exact) mass is 198 g/mol. The average molecular weight is 199 g/mol. The number of hydrogen-bond donors (Lipinski definition) is 0. The van der Waals surface area contributed by atoms with Gasteiger partial charge in [0.1, 0.15) is 0 Å². The average Bonchev–Trinajstić information content (AvgIpc) is 2.32. The SMILES string of the molecule is CC1COC(CCl)(CC(F)F)C1. The lowest BCUT2D eigenvalue weighted by Crippen LogP contribution is -2.32. The highest BCUT2D eigenvalue weighted by atomic mass is 35.5. The standard InChI is InChI=1S/C8H13ClF2O/c1-6-2-8(5-9,12-4-6)3-7(10)11/h6-7H,2-5H2,1H3. The van der Waals surface area contributed by atoms with E-state index in [1.54, 1.807) is 0 Å². The highest BCUT2D eigenvalue weighted by Gasteiger charge is 2.40. The van der Waals surface area contributed by atoms with Crippen LogP contribution in [0, 0.1) is 5.92 Å². The summed E-state index contributed by atoms with van der Waals surface area (Å²) < 4.78 is 29.5. The smallest absolute Gasteiger partial charge is 0.241 e. The second kappa shape index (κ2) is 3.88. The molecule has 2 unspecified atom stereocenters. The molecule has 0 aromatic heterocycles. The van der Waals surface area contributed by atoms with Gasteiger partial charge in [-0.15, -0.1) is 11.6 Å². The van der Waals surface area contributed by atoms with Gasteiger partial charge in [0.25, 0.3) is 0 Å². The molecule has 1 rings (SSSR count). The van der Waals surface area contributed by atoms with Crippen molar-refractivity contribution in [2.75, 3.05) is 12.5 Å². The third kappa shape index (κ3) is 2.30. The van der Waals surface area contributed by atoms with E-state index in [-0.39, 0.29) is 12.3 Å². The number of ether oxygens (including phenoxy) is 1. The van der Waals surface area contributed by atoms with Crippen LogP contribution in [0.2, 0.25) is 0 Å². The van der Waals surface area contributed by atoms with E-state index in [4.69, 9.17) is 16.3 Å². The molecule has 12 heavy (non-hydrogen) atoms. The molecule has 0 bridgehead atoms. The molecule has 2 atom stereocenters. The van der Waals surface area contributed by atoms with Gasteiger partial charge in [0, 0.05) is 6.42 Å². The Morgan fingerprint density at radius 3 is 2.67 bits per heavy atom. The summed E-state index contributed by atoms with van der Waals surface area (Å²) in [7, 11) is 0. The first-order chi connectivity index (χ1) is 5.58. The van der Waals surface area contributed by atoms with Crippen LogP contribution in [0.5, 0.6) is 0 Å². The molecule has 0 spiro atoms. The summed E-state index contributed by atoms with van der Waals surface area (Å²) in [6.45, 7) is 2.54. The largest absolute Gasteiger partial charge is 0.373 e. The predicted octanol–water partition coefficient (Wildman–Crippen LogP) is 2.68. The molecule has 72 valence electrons. The summed E-state index contributed by atoms with van der Waals surface area (Å²) in [6, 6.07) is 0. The van der Waals surface area contributed by atoms with E-state index in [2.05, 4.69) is 0 Å². The Morgan fingerprint density at radius 1 is 1.67 bits per heavy atom. The van der Waals surface area contributed by atoms with E-state index < -0.39 is 12.0 Å². The van der Waals surface area contributed by atoms with Gasteiger partial charge < -0.3 is 4.74 Å². The fourth-order valence-corrected chi connectivity index (χ4v) is 1.94. The Bertz CT molecular complexity index is 154. The van der Waals surface area contributed by atoms with Gasteiger partial charge in [-0.3, -0.25) is 0 Å². The summed E-state index contributed by atoms with van der Waals surface area (Å²) in [5.41, 5.74) is -0.755. The quantitative estimate of drug-likeness (QED) is 0.634. The number of rotatable bonds is 3. The molecule has 1 nitrogen and oxygen atoms in total. The molecule has 0 amide bonds. The van der Waals surface area contributed by atoms with Crippen molar-refractivity contribution in [2.45, 2.75) is 31.8 Å². The molecule has 1 fully saturated rings. The van der Waals surface area contributed by atoms with Crippen molar-refractivity contribution in [1.82, 2.24) is 0 Å². The van der Waals surface area contributed by atoms with Crippen molar-refractivity contribution in [3.05, 3.63) is 0 Å². The van der Waals surface area contributed by atoms with Gasteiger partial charge in [0.05, 0.1) is 18.1 Å². The molecular weight excluding hydrogens is 186 g/mol. The predicted molar refractivity (Wildman–Crippen MR) is 43.8 cm³/mol. The van der Waals surface area contributed by atoms with Gasteiger partial charge in [0.2, 0.25) is 6.43 Å². The maximum Gasteiger partial charge on any atom is 0.241 e. The summed E-state index contributed by atoms with van der Waals surface area (Å²) in [4.78, 5) is 0. The number of halogens is 3. The maximum atomic E-state index is 12.1. The lowest BCUT2D eigenvalue weighted by molar-refractivity contribution is -0.0277. The summed E-state index contributed by atoms with van der Waals surface area (Å²) in [5.74, 6) is 0.518. The van der Waals surface area contributed by atoms with Crippen LogP contribution in [-0.2, 0) is 4.74 Å². The van der Waals surface area contributed by atoms with E-state index >= 15 is 0 Å². The van der Waals surface area contributed by atoms with Crippen molar-refractivity contribution >= 4 is 11.6 Å². The van der Waals surface area contributed by atoms with Crippen molar-refractivity contribution in [3.63, 3.8) is 0 Å². The molecule has 4 heteroatoms. The van der Waals surface area contributed by atoms with E-state index in [0.29, 0.717) is 18.9 Å². The lowest BCUT2D eigenvalue weighted by atomic mass is 9.94. The fourth-order valence-electron chi connectivity index (χ4n) is 1.64. The molecule has 0 aromatic rings. The molecule has 0 saturated carbocycles. The summed E-state index contributed by atoms with van der Waals surface area (Å²) in [6.07, 6.45) is -1.91. The zero-order valence-corrected chi connectivity index (χ0v) is 7.78. The van der Waals surface area contributed by atoms with Crippen molar-refractivity contribution < 1.29 is 13.5 Å². The van der Waals surface area contributed by atoms with Gasteiger partial charge in [0.15, 0.2) is 0 Å². The molecule has 0 aliphatic carbocycles. The Balaban J connectivity index is 2.52. The third-order valence-corrected chi connectivity index (χ3v) is 2.65. The van der Waals surface area contributed by atoms with E-state index in [1.165, 1.54) is 0 Å². The number of hydrogen-bond acceptors (Lipinski definition) is 1. The minimum atomic E-state index is -2.32. The molecule has 1 saturated heterocycles. The van der Waals surface area contributed by atoms with Crippen LogP contribution in [0.3, 0.4) is 0 Å². The van der Waals surface area contributed by atoms with E-state index in [0.717, 1.165) is 0 Å². The third-order valence-electron chi connectivity index (χ3n) is 2.16. The Hall–Kier alpha value is 0.110. The summed E-state index contributed by atoms with van der Waals surface area (Å²) in [5, 5.41) is 0. The molecule has 1 aliphatic rings. The first kappa shape index (κ1) is 10.2. The van der Waals surface area contributed by atoms with Gasteiger partial charge in [-0.25, -0.2) is 8.78 Å². The topological polar surface area (TPSA) is 9.23 Å². The first-order valence-corrected chi connectivity index (χ1v) is 4.59. The van der Waals surface area contributed by atoms with Crippen LogP contribution in [0.1, 0.15) is 19.8 Å². The van der Waals surface area contributed by atoms with Crippen molar-refractivity contribution in [3.8, 4) is 0 Å². The van der Waals surface area contributed by atoms with Crippen LogP contribution in [0.15, 0.2) is 0 Å². The van der Waals surface area contributed by atoms with E-state index in [9.17, 15) is 8.78 Å². The van der Waals surface area contributed by atoms with Crippen LogP contribution >= 0.6 is 11.6 Å². The molecule has 0 radical (unpaired) electrons. The zero-order valence-electron chi connectivity index (χ0n) is 7.03. The lowest BCUT2D eigenvalue weighted by Gasteiger charge is -2.25. The summed E-state index contributed by atoms with van der Waals surface area (Å²) >= 11 is 5.62. The van der Waals surface area contributed by atoms with Crippen molar-refractivity contribution in [1.29, 1.82) is 0 Å². The second-order valence-electron chi connectivity index (χ2n) is 3.53. The Kier molecular flexibility index (Phi) is 3.29.